The third-order valence-corrected chi connectivity index (χ3v) is 4.09. The number of aryl methyl sites for hydroxylation is 1. The fraction of sp³-hybridized carbons (Fsp3) is 0.500. The number of piperidine rings is 1. The van der Waals surface area contributed by atoms with Crippen LogP contribution in [0.3, 0.4) is 0 Å². The van der Waals surface area contributed by atoms with Gasteiger partial charge in [0.1, 0.15) is 5.69 Å². The molecule has 21 heavy (non-hydrogen) atoms. The van der Waals surface area contributed by atoms with Gasteiger partial charge in [-0.2, -0.15) is 0 Å². The molecule has 0 unspecified atom stereocenters. The van der Waals surface area contributed by atoms with Crippen molar-refractivity contribution >= 4 is 23.0 Å². The molecule has 1 saturated heterocycles. The van der Waals surface area contributed by atoms with Gasteiger partial charge in [-0.15, -0.1) is 0 Å². The van der Waals surface area contributed by atoms with Crippen LogP contribution in [0.2, 0.25) is 0 Å². The summed E-state index contributed by atoms with van der Waals surface area (Å²) in [7, 11) is 0. The molecule has 2 aliphatic heterocycles. The second kappa shape index (κ2) is 5.33. The lowest BCUT2D eigenvalue weighted by atomic mass is 9.99. The Morgan fingerprint density at radius 3 is 2.90 bits per heavy atom. The first kappa shape index (κ1) is 13.8. The predicted molar refractivity (Wildman–Crippen MR) is 79.5 cm³/mol. The molecule has 0 aliphatic carbocycles. The number of nitrogens with two attached hydrogens (primary N) is 1. The van der Waals surface area contributed by atoms with Gasteiger partial charge in [-0.1, -0.05) is 0 Å². The van der Waals surface area contributed by atoms with Crippen LogP contribution >= 0.6 is 0 Å². The zero-order chi connectivity index (χ0) is 15.0. The fourth-order valence-electron chi connectivity index (χ4n) is 3.03. The van der Waals surface area contributed by atoms with Gasteiger partial charge in [-0.25, -0.2) is 0 Å². The summed E-state index contributed by atoms with van der Waals surface area (Å²) in [5.41, 5.74) is 8.14. The predicted octanol–water partition coefficient (Wildman–Crippen LogP) is 1.41. The number of nitro groups is 1. The van der Waals surface area contributed by atoms with Gasteiger partial charge in [0.15, 0.2) is 0 Å². The van der Waals surface area contributed by atoms with Crippen LogP contribution in [0.15, 0.2) is 12.1 Å². The molecule has 3 N–H and O–H groups in total. The Bertz CT molecular complexity index is 602. The summed E-state index contributed by atoms with van der Waals surface area (Å²) in [5.74, 6) is -0.0930. The van der Waals surface area contributed by atoms with Gasteiger partial charge in [0.05, 0.1) is 10.6 Å². The van der Waals surface area contributed by atoms with Gasteiger partial charge in [-0.05, 0) is 30.9 Å². The number of nitro benzene ring substituents is 1. The van der Waals surface area contributed by atoms with Crippen LogP contribution < -0.4 is 16.0 Å². The molecule has 7 nitrogen and oxygen atoms in total. The summed E-state index contributed by atoms with van der Waals surface area (Å²) in [5, 5.41) is 14.1. The Hall–Kier alpha value is -2.15. The van der Waals surface area contributed by atoms with Crippen molar-refractivity contribution in [3.8, 4) is 0 Å². The first-order chi connectivity index (χ1) is 10.0. The number of hydrogen-bond donors (Lipinski definition) is 2. The van der Waals surface area contributed by atoms with Crippen LogP contribution in [0.25, 0.3) is 0 Å². The molecule has 0 aromatic heterocycles. The minimum atomic E-state index is -0.392. The number of hydrogen-bond acceptors (Lipinski definition) is 5. The van der Waals surface area contributed by atoms with E-state index in [1.54, 1.807) is 0 Å². The van der Waals surface area contributed by atoms with E-state index in [1.165, 1.54) is 6.07 Å². The maximum absolute atomic E-state index is 11.4. The maximum atomic E-state index is 11.4. The van der Waals surface area contributed by atoms with E-state index in [2.05, 4.69) is 5.32 Å². The Morgan fingerprint density at radius 1 is 1.38 bits per heavy atom. The highest BCUT2D eigenvalue weighted by atomic mass is 16.6. The lowest BCUT2D eigenvalue weighted by Gasteiger charge is -2.33. The standard InChI is InChI=1S/C14H18N4O3/c15-10-2-1-5-17(8-10)12-6-9-3-4-14(19)16-11(9)7-13(12)18(20)21/h6-7,10H,1-5,8,15H2,(H,16,19)/t10-/m1/s1. The highest BCUT2D eigenvalue weighted by molar-refractivity contribution is 5.95. The summed E-state index contributed by atoms with van der Waals surface area (Å²) in [6.07, 6.45) is 2.92. The molecule has 2 aliphatic rings. The first-order valence-corrected chi connectivity index (χ1v) is 7.16. The zero-order valence-electron chi connectivity index (χ0n) is 11.7. The summed E-state index contributed by atoms with van der Waals surface area (Å²) in [6, 6.07) is 3.36. The SMILES string of the molecule is N[C@@H]1CCCN(c2cc3c(cc2[N+](=O)[O-])NC(=O)CC3)C1. The molecule has 0 radical (unpaired) electrons. The van der Waals surface area contributed by atoms with E-state index in [0.29, 0.717) is 30.8 Å². The number of nitrogens with zero attached hydrogens (tertiary/aromatic N) is 2. The molecule has 0 bridgehead atoms. The van der Waals surface area contributed by atoms with Crippen LogP contribution in [0, 0.1) is 10.1 Å². The summed E-state index contributed by atoms with van der Waals surface area (Å²) < 4.78 is 0. The van der Waals surface area contributed by atoms with E-state index in [0.717, 1.165) is 24.9 Å². The van der Waals surface area contributed by atoms with Gasteiger partial charge in [0, 0.05) is 31.6 Å². The second-order valence-corrected chi connectivity index (χ2v) is 5.65. The second-order valence-electron chi connectivity index (χ2n) is 5.65. The average molecular weight is 290 g/mol. The average Bonchev–Trinajstić information content (AvgIpc) is 2.45. The molecular weight excluding hydrogens is 272 g/mol. The van der Waals surface area contributed by atoms with Crippen molar-refractivity contribution in [2.75, 3.05) is 23.3 Å². The van der Waals surface area contributed by atoms with Crippen LogP contribution in [-0.2, 0) is 11.2 Å². The van der Waals surface area contributed by atoms with Crippen LogP contribution in [0.5, 0.6) is 0 Å². The van der Waals surface area contributed by atoms with Crippen molar-refractivity contribution in [1.82, 2.24) is 0 Å². The summed E-state index contributed by atoms with van der Waals surface area (Å²) in [6.45, 7) is 1.41. The molecule has 1 aromatic carbocycles. The van der Waals surface area contributed by atoms with Crippen molar-refractivity contribution in [1.29, 1.82) is 0 Å². The lowest BCUT2D eigenvalue weighted by Crippen LogP contribution is -2.43. The first-order valence-electron chi connectivity index (χ1n) is 7.16. The molecule has 1 amide bonds. The molecular formula is C14H18N4O3. The van der Waals surface area contributed by atoms with Crippen LogP contribution in [0.4, 0.5) is 17.1 Å². The Labute approximate surface area is 122 Å². The Balaban J connectivity index is 2.02. The van der Waals surface area contributed by atoms with Crippen molar-refractivity contribution in [3.63, 3.8) is 0 Å². The molecule has 1 aromatic rings. The zero-order valence-corrected chi connectivity index (χ0v) is 11.7. The van der Waals surface area contributed by atoms with Crippen molar-refractivity contribution < 1.29 is 9.72 Å². The smallest absolute Gasteiger partial charge is 0.294 e. The minimum Gasteiger partial charge on any atom is -0.364 e. The van der Waals surface area contributed by atoms with Gasteiger partial charge in [0.25, 0.3) is 5.69 Å². The highest BCUT2D eigenvalue weighted by Gasteiger charge is 2.27. The number of benzene rings is 1. The van der Waals surface area contributed by atoms with E-state index in [4.69, 9.17) is 5.73 Å². The van der Waals surface area contributed by atoms with E-state index >= 15 is 0 Å². The summed E-state index contributed by atoms with van der Waals surface area (Å²) in [4.78, 5) is 24.4. The number of nitrogens with one attached hydrogen (secondary N) is 1. The molecule has 2 heterocycles. The third kappa shape index (κ3) is 2.69. The molecule has 3 rings (SSSR count). The third-order valence-electron chi connectivity index (χ3n) is 4.09. The molecule has 112 valence electrons. The van der Waals surface area contributed by atoms with Gasteiger partial charge in [0.2, 0.25) is 5.91 Å². The molecule has 1 atom stereocenters. The Kier molecular flexibility index (Phi) is 3.50. The van der Waals surface area contributed by atoms with E-state index in [-0.39, 0.29) is 17.6 Å². The van der Waals surface area contributed by atoms with Crippen molar-refractivity contribution in [2.24, 2.45) is 5.73 Å². The number of anilines is 2. The minimum absolute atomic E-state index is 0.0325. The van der Waals surface area contributed by atoms with E-state index < -0.39 is 4.92 Å². The van der Waals surface area contributed by atoms with Gasteiger partial charge >= 0.3 is 0 Å². The lowest BCUT2D eigenvalue weighted by molar-refractivity contribution is -0.384. The van der Waals surface area contributed by atoms with E-state index in [9.17, 15) is 14.9 Å². The fourth-order valence-corrected chi connectivity index (χ4v) is 3.03. The number of rotatable bonds is 2. The topological polar surface area (TPSA) is 102 Å². The van der Waals surface area contributed by atoms with Crippen LogP contribution in [0.1, 0.15) is 24.8 Å². The molecule has 1 fully saturated rings. The van der Waals surface area contributed by atoms with E-state index in [1.807, 2.05) is 11.0 Å². The largest absolute Gasteiger partial charge is 0.364 e. The Morgan fingerprint density at radius 2 is 2.19 bits per heavy atom. The quantitative estimate of drug-likeness (QED) is 0.633. The molecule has 0 saturated carbocycles. The monoisotopic (exact) mass is 290 g/mol. The maximum Gasteiger partial charge on any atom is 0.294 e. The molecule has 7 heteroatoms. The van der Waals surface area contributed by atoms with Crippen LogP contribution in [-0.4, -0.2) is 30.0 Å². The van der Waals surface area contributed by atoms with Crippen molar-refractivity contribution in [2.45, 2.75) is 31.7 Å². The number of fused-ring (bicyclic) bond motifs is 1. The number of carbonyl (C=O) groups is 1. The highest BCUT2D eigenvalue weighted by Crippen LogP contribution is 2.37. The normalized spacial score (nSPS) is 21.7. The van der Waals surface area contributed by atoms with Gasteiger partial charge in [-0.3, -0.25) is 14.9 Å². The summed E-state index contributed by atoms with van der Waals surface area (Å²) >= 11 is 0. The number of amides is 1. The number of carbonyl (C=O) groups excluding carboxylic acids is 1. The van der Waals surface area contributed by atoms with Crippen molar-refractivity contribution in [3.05, 3.63) is 27.8 Å². The van der Waals surface area contributed by atoms with Gasteiger partial charge < -0.3 is 16.0 Å². The molecule has 0 spiro atoms.